The average molecular weight is 281 g/mol. The Morgan fingerprint density at radius 1 is 1.00 bits per heavy atom. The smallest absolute Gasteiger partial charge is 0.302 e. The summed E-state index contributed by atoms with van der Waals surface area (Å²) in [6.07, 6.45) is 0. The molecule has 0 unspecified atom stereocenters. The van der Waals surface area contributed by atoms with Crippen molar-refractivity contribution < 1.29 is 4.42 Å². The van der Waals surface area contributed by atoms with Crippen LogP contribution in [-0.2, 0) is 0 Å². The number of hydrogen-bond donors (Lipinski definition) is 1. The molecular formula is C11H6Cl2N4O. The number of benzene rings is 1. The lowest BCUT2D eigenvalue weighted by Gasteiger charge is -2.00. The van der Waals surface area contributed by atoms with Gasteiger partial charge in [0, 0.05) is 6.07 Å². The van der Waals surface area contributed by atoms with Crippen LogP contribution in [-0.4, -0.2) is 15.0 Å². The second kappa shape index (κ2) is 4.44. The van der Waals surface area contributed by atoms with Gasteiger partial charge in [0.05, 0.1) is 0 Å². The van der Waals surface area contributed by atoms with Crippen LogP contribution >= 0.6 is 23.2 Å². The van der Waals surface area contributed by atoms with Crippen molar-refractivity contribution in [1.29, 1.82) is 0 Å². The first kappa shape index (κ1) is 11.3. The monoisotopic (exact) mass is 280 g/mol. The minimum atomic E-state index is 0.235. The number of aromatic nitrogens is 3. The van der Waals surface area contributed by atoms with Gasteiger partial charge in [0.2, 0.25) is 5.95 Å². The van der Waals surface area contributed by atoms with E-state index in [4.69, 9.17) is 27.6 Å². The highest BCUT2D eigenvalue weighted by Gasteiger charge is 2.08. The van der Waals surface area contributed by atoms with Crippen molar-refractivity contribution in [2.75, 3.05) is 5.32 Å². The molecule has 90 valence electrons. The second-order valence-corrected chi connectivity index (χ2v) is 4.22. The Hall–Kier alpha value is -1.85. The Labute approximate surface area is 112 Å². The van der Waals surface area contributed by atoms with Crippen molar-refractivity contribution in [2.45, 2.75) is 0 Å². The zero-order chi connectivity index (χ0) is 12.5. The van der Waals surface area contributed by atoms with Crippen LogP contribution in [0.15, 0.2) is 34.7 Å². The van der Waals surface area contributed by atoms with Crippen molar-refractivity contribution in [3.8, 4) is 0 Å². The quantitative estimate of drug-likeness (QED) is 0.726. The molecule has 2 heterocycles. The predicted molar refractivity (Wildman–Crippen MR) is 69.3 cm³/mol. The zero-order valence-electron chi connectivity index (χ0n) is 8.89. The molecule has 0 radical (unpaired) electrons. The van der Waals surface area contributed by atoms with Gasteiger partial charge in [-0.1, -0.05) is 35.3 Å². The largest absolute Gasteiger partial charge is 0.423 e. The number of anilines is 2. The van der Waals surface area contributed by atoms with Gasteiger partial charge in [-0.2, -0.15) is 4.98 Å². The van der Waals surface area contributed by atoms with E-state index < -0.39 is 0 Å². The molecule has 0 amide bonds. The lowest BCUT2D eigenvalue weighted by atomic mass is 10.3. The van der Waals surface area contributed by atoms with Crippen molar-refractivity contribution in [1.82, 2.24) is 15.0 Å². The normalized spacial score (nSPS) is 10.8. The third-order valence-corrected chi connectivity index (χ3v) is 2.56. The van der Waals surface area contributed by atoms with Gasteiger partial charge in [-0.25, -0.2) is 9.97 Å². The van der Waals surface area contributed by atoms with Gasteiger partial charge >= 0.3 is 6.01 Å². The van der Waals surface area contributed by atoms with E-state index in [9.17, 15) is 0 Å². The van der Waals surface area contributed by atoms with Gasteiger partial charge in [0.15, 0.2) is 5.58 Å². The number of fused-ring (bicyclic) bond motifs is 1. The highest BCUT2D eigenvalue weighted by Crippen LogP contribution is 2.21. The van der Waals surface area contributed by atoms with Crippen molar-refractivity contribution in [2.24, 2.45) is 0 Å². The van der Waals surface area contributed by atoms with Gasteiger partial charge < -0.3 is 4.42 Å². The van der Waals surface area contributed by atoms with Crippen LogP contribution in [0.4, 0.5) is 12.0 Å². The molecule has 0 bridgehead atoms. The van der Waals surface area contributed by atoms with Crippen LogP contribution in [0.5, 0.6) is 0 Å². The van der Waals surface area contributed by atoms with E-state index in [0.717, 1.165) is 5.52 Å². The summed E-state index contributed by atoms with van der Waals surface area (Å²) in [7, 11) is 0. The summed E-state index contributed by atoms with van der Waals surface area (Å²) >= 11 is 11.5. The van der Waals surface area contributed by atoms with Crippen molar-refractivity contribution in [3.05, 3.63) is 40.6 Å². The van der Waals surface area contributed by atoms with Gasteiger partial charge in [0.25, 0.3) is 0 Å². The number of halogens is 2. The number of nitrogens with zero attached hydrogens (tertiary/aromatic N) is 3. The summed E-state index contributed by atoms with van der Waals surface area (Å²) in [6, 6.07) is 9.13. The minimum Gasteiger partial charge on any atom is -0.423 e. The van der Waals surface area contributed by atoms with Crippen LogP contribution in [0, 0.1) is 0 Å². The lowest BCUT2D eigenvalue weighted by Crippen LogP contribution is -1.97. The average Bonchev–Trinajstić information content (AvgIpc) is 2.69. The highest BCUT2D eigenvalue weighted by molar-refractivity contribution is 6.33. The van der Waals surface area contributed by atoms with E-state index in [-0.39, 0.29) is 22.3 Å². The summed E-state index contributed by atoms with van der Waals surface area (Å²) in [5.41, 5.74) is 1.42. The molecule has 1 aromatic carbocycles. The predicted octanol–water partition coefficient (Wildman–Crippen LogP) is 3.67. The number of rotatable bonds is 2. The third-order valence-electron chi connectivity index (χ3n) is 2.18. The molecular weight excluding hydrogens is 275 g/mol. The Balaban J connectivity index is 1.96. The van der Waals surface area contributed by atoms with Crippen LogP contribution < -0.4 is 5.32 Å². The summed E-state index contributed by atoms with van der Waals surface area (Å²) in [5, 5.41) is 3.29. The summed E-state index contributed by atoms with van der Waals surface area (Å²) in [4.78, 5) is 12.1. The topological polar surface area (TPSA) is 63.8 Å². The van der Waals surface area contributed by atoms with Crippen molar-refractivity contribution >= 4 is 46.3 Å². The molecule has 0 atom stereocenters. The molecule has 18 heavy (non-hydrogen) atoms. The molecule has 0 saturated carbocycles. The molecule has 5 nitrogen and oxygen atoms in total. The number of nitrogens with one attached hydrogen (secondary N) is 1. The van der Waals surface area contributed by atoms with Crippen LogP contribution in [0.25, 0.3) is 11.1 Å². The molecule has 0 aliphatic rings. The van der Waals surface area contributed by atoms with E-state index in [0.29, 0.717) is 5.58 Å². The second-order valence-electron chi connectivity index (χ2n) is 3.45. The molecule has 0 aliphatic heterocycles. The van der Waals surface area contributed by atoms with Crippen LogP contribution in [0.3, 0.4) is 0 Å². The number of para-hydroxylation sites is 2. The summed E-state index contributed by atoms with van der Waals surface area (Å²) < 4.78 is 5.46. The highest BCUT2D eigenvalue weighted by atomic mass is 35.5. The first-order chi connectivity index (χ1) is 8.70. The van der Waals surface area contributed by atoms with E-state index in [2.05, 4.69) is 20.3 Å². The van der Waals surface area contributed by atoms with Crippen LogP contribution in [0.1, 0.15) is 0 Å². The van der Waals surface area contributed by atoms with Crippen molar-refractivity contribution in [3.63, 3.8) is 0 Å². The molecule has 3 aromatic rings. The molecule has 0 fully saturated rings. The van der Waals surface area contributed by atoms with E-state index in [1.54, 1.807) is 0 Å². The lowest BCUT2D eigenvalue weighted by molar-refractivity contribution is 0.621. The minimum absolute atomic E-state index is 0.235. The number of hydrogen-bond acceptors (Lipinski definition) is 5. The molecule has 0 spiro atoms. The number of oxazole rings is 1. The van der Waals surface area contributed by atoms with Gasteiger partial charge in [-0.15, -0.1) is 0 Å². The van der Waals surface area contributed by atoms with E-state index >= 15 is 0 Å². The first-order valence-corrected chi connectivity index (χ1v) is 5.79. The SMILES string of the molecule is Clc1cc(Cl)nc(Nc2nc3ccccc3o2)n1. The summed E-state index contributed by atoms with van der Waals surface area (Å²) in [5.74, 6) is 0.235. The Bertz CT molecular complexity index is 660. The Kier molecular flexibility index (Phi) is 2.77. The third kappa shape index (κ3) is 2.23. The molecule has 0 saturated heterocycles. The molecule has 2 aromatic heterocycles. The zero-order valence-corrected chi connectivity index (χ0v) is 10.4. The fraction of sp³-hybridized carbons (Fsp3) is 0. The molecule has 7 heteroatoms. The maximum atomic E-state index is 5.77. The molecule has 0 aliphatic carbocycles. The first-order valence-electron chi connectivity index (χ1n) is 5.03. The Morgan fingerprint density at radius 3 is 2.44 bits per heavy atom. The fourth-order valence-corrected chi connectivity index (χ4v) is 1.89. The van der Waals surface area contributed by atoms with Crippen LogP contribution in [0.2, 0.25) is 10.3 Å². The standard InChI is InChI=1S/C11H6Cl2N4O/c12-8-5-9(13)16-10(15-8)17-11-14-6-3-1-2-4-7(6)18-11/h1-5H,(H,14,15,16,17). The van der Waals surface area contributed by atoms with E-state index in [1.807, 2.05) is 24.3 Å². The van der Waals surface area contributed by atoms with Gasteiger partial charge in [-0.05, 0) is 12.1 Å². The Morgan fingerprint density at radius 2 is 1.72 bits per heavy atom. The summed E-state index contributed by atoms with van der Waals surface area (Å²) in [6.45, 7) is 0. The van der Waals surface area contributed by atoms with E-state index in [1.165, 1.54) is 6.07 Å². The molecule has 1 N–H and O–H groups in total. The maximum absolute atomic E-state index is 5.77. The van der Waals surface area contributed by atoms with Gasteiger partial charge in [0.1, 0.15) is 15.8 Å². The van der Waals surface area contributed by atoms with Gasteiger partial charge in [-0.3, -0.25) is 5.32 Å². The molecule has 3 rings (SSSR count). The fourth-order valence-electron chi connectivity index (χ4n) is 1.47. The maximum Gasteiger partial charge on any atom is 0.302 e.